The molecule has 1 aromatic rings. The molecule has 1 heterocycles. The van der Waals surface area contributed by atoms with Gasteiger partial charge in [0.15, 0.2) is 0 Å². The van der Waals surface area contributed by atoms with Crippen LogP contribution in [0.1, 0.15) is 36.1 Å². The van der Waals surface area contributed by atoms with Gasteiger partial charge in [0.25, 0.3) is 5.91 Å². The first kappa shape index (κ1) is 13.6. The summed E-state index contributed by atoms with van der Waals surface area (Å²) in [6.45, 7) is 6.99. The molecule has 1 rings (SSSR count). The number of carbonyl (C=O) groups is 2. The van der Waals surface area contributed by atoms with E-state index in [0.717, 1.165) is 4.88 Å². The largest absolute Gasteiger partial charge is 0.459 e. The van der Waals surface area contributed by atoms with E-state index < -0.39 is 11.6 Å². The monoisotopic (exact) mass is 256 g/mol. The first-order valence-corrected chi connectivity index (χ1v) is 6.07. The second kappa shape index (κ2) is 5.27. The van der Waals surface area contributed by atoms with Gasteiger partial charge in [-0.2, -0.15) is 0 Å². The average Bonchev–Trinajstić information content (AvgIpc) is 2.58. The van der Waals surface area contributed by atoms with E-state index in [9.17, 15) is 9.59 Å². The summed E-state index contributed by atoms with van der Waals surface area (Å²) < 4.78 is 5.06. The maximum Gasteiger partial charge on any atom is 0.325 e. The zero-order valence-electron chi connectivity index (χ0n) is 10.4. The first-order chi connectivity index (χ1) is 7.79. The second-order valence-corrected chi connectivity index (χ2v) is 5.59. The number of aryl methyl sites for hydroxylation is 1. The number of rotatable bonds is 3. The van der Waals surface area contributed by atoms with Crippen molar-refractivity contribution in [2.45, 2.75) is 33.3 Å². The molecule has 17 heavy (non-hydrogen) atoms. The molecule has 0 aliphatic rings. The van der Waals surface area contributed by atoms with Gasteiger partial charge in [-0.05, 0) is 27.7 Å². The number of carbonyl (C=O) groups excluding carboxylic acids is 2. The molecular formula is C11H16N2O3S. The fraction of sp³-hybridized carbons (Fsp3) is 0.545. The molecule has 0 bridgehead atoms. The van der Waals surface area contributed by atoms with Crippen LogP contribution in [0.3, 0.4) is 0 Å². The lowest BCUT2D eigenvalue weighted by Crippen LogP contribution is -2.34. The van der Waals surface area contributed by atoms with Crippen molar-refractivity contribution < 1.29 is 14.3 Å². The van der Waals surface area contributed by atoms with Gasteiger partial charge in [0.1, 0.15) is 17.8 Å². The van der Waals surface area contributed by atoms with Crippen molar-refractivity contribution in [3.8, 4) is 0 Å². The van der Waals surface area contributed by atoms with E-state index in [2.05, 4.69) is 10.3 Å². The van der Waals surface area contributed by atoms with Crippen molar-refractivity contribution in [2.75, 3.05) is 6.54 Å². The number of amides is 1. The van der Waals surface area contributed by atoms with Gasteiger partial charge in [-0.25, -0.2) is 4.98 Å². The summed E-state index contributed by atoms with van der Waals surface area (Å²) in [5.41, 5.74) is 1.41. The molecule has 5 nitrogen and oxygen atoms in total. The molecular weight excluding hydrogens is 240 g/mol. The van der Waals surface area contributed by atoms with Gasteiger partial charge in [-0.15, -0.1) is 11.3 Å². The number of nitrogens with one attached hydrogen (secondary N) is 1. The van der Waals surface area contributed by atoms with Crippen molar-refractivity contribution in [3.05, 3.63) is 16.1 Å². The van der Waals surface area contributed by atoms with Crippen LogP contribution in [0.5, 0.6) is 0 Å². The van der Waals surface area contributed by atoms with Crippen LogP contribution in [0.15, 0.2) is 5.51 Å². The Morgan fingerprint density at radius 3 is 2.59 bits per heavy atom. The van der Waals surface area contributed by atoms with Crippen LogP contribution in [0.25, 0.3) is 0 Å². The molecule has 0 radical (unpaired) electrons. The van der Waals surface area contributed by atoms with Crippen LogP contribution in [0.4, 0.5) is 0 Å². The van der Waals surface area contributed by atoms with E-state index in [-0.39, 0.29) is 12.5 Å². The lowest BCUT2D eigenvalue weighted by molar-refractivity contribution is -0.153. The second-order valence-electron chi connectivity index (χ2n) is 4.53. The highest BCUT2D eigenvalue weighted by molar-refractivity contribution is 7.09. The average molecular weight is 256 g/mol. The third-order valence-electron chi connectivity index (χ3n) is 1.77. The highest BCUT2D eigenvalue weighted by Gasteiger charge is 2.18. The quantitative estimate of drug-likeness (QED) is 0.833. The number of aromatic nitrogens is 1. The number of hydrogen-bond donors (Lipinski definition) is 1. The third kappa shape index (κ3) is 4.52. The van der Waals surface area contributed by atoms with Crippen LogP contribution < -0.4 is 5.32 Å². The Morgan fingerprint density at radius 2 is 2.12 bits per heavy atom. The minimum atomic E-state index is -0.543. The highest BCUT2D eigenvalue weighted by atomic mass is 32.1. The molecule has 0 aromatic carbocycles. The van der Waals surface area contributed by atoms with E-state index in [4.69, 9.17) is 4.74 Å². The number of nitrogens with zero attached hydrogens (tertiary/aromatic N) is 1. The maximum atomic E-state index is 11.6. The van der Waals surface area contributed by atoms with E-state index >= 15 is 0 Å². The minimum Gasteiger partial charge on any atom is -0.459 e. The zero-order chi connectivity index (χ0) is 13.1. The van der Waals surface area contributed by atoms with Gasteiger partial charge >= 0.3 is 5.97 Å². The fourth-order valence-electron chi connectivity index (χ4n) is 1.14. The Labute approximate surface area is 104 Å². The summed E-state index contributed by atoms with van der Waals surface area (Å²) in [4.78, 5) is 27.7. The number of hydrogen-bond acceptors (Lipinski definition) is 5. The fourth-order valence-corrected chi connectivity index (χ4v) is 1.71. The van der Waals surface area contributed by atoms with Gasteiger partial charge in [0.05, 0.1) is 5.51 Å². The first-order valence-electron chi connectivity index (χ1n) is 5.20. The van der Waals surface area contributed by atoms with Crippen LogP contribution in [0.2, 0.25) is 0 Å². The van der Waals surface area contributed by atoms with E-state index in [1.165, 1.54) is 11.3 Å². The molecule has 0 aliphatic carbocycles. The van der Waals surface area contributed by atoms with Crippen molar-refractivity contribution in [2.24, 2.45) is 0 Å². The Morgan fingerprint density at radius 1 is 1.47 bits per heavy atom. The molecule has 1 N–H and O–H groups in total. The van der Waals surface area contributed by atoms with Gasteiger partial charge in [-0.1, -0.05) is 0 Å². The summed E-state index contributed by atoms with van der Waals surface area (Å²) in [6, 6.07) is 0. The van der Waals surface area contributed by atoms with Gasteiger partial charge < -0.3 is 10.1 Å². The number of thiazole rings is 1. The van der Waals surface area contributed by atoms with Crippen molar-refractivity contribution in [1.29, 1.82) is 0 Å². The Kier molecular flexibility index (Phi) is 4.22. The minimum absolute atomic E-state index is 0.146. The third-order valence-corrected chi connectivity index (χ3v) is 2.53. The highest BCUT2D eigenvalue weighted by Crippen LogP contribution is 2.10. The van der Waals surface area contributed by atoms with Crippen LogP contribution in [0, 0.1) is 6.92 Å². The molecule has 0 spiro atoms. The lowest BCUT2D eigenvalue weighted by Gasteiger charge is -2.19. The maximum absolute atomic E-state index is 11.6. The van der Waals surface area contributed by atoms with Crippen LogP contribution in [-0.4, -0.2) is 29.0 Å². The molecule has 0 atom stereocenters. The van der Waals surface area contributed by atoms with Crippen molar-refractivity contribution in [3.63, 3.8) is 0 Å². The Hall–Kier alpha value is -1.43. The van der Waals surface area contributed by atoms with E-state index in [1.807, 2.05) is 0 Å². The normalized spacial score (nSPS) is 11.1. The smallest absolute Gasteiger partial charge is 0.325 e. The van der Waals surface area contributed by atoms with Crippen LogP contribution in [-0.2, 0) is 9.53 Å². The predicted octanol–water partition coefficient (Wildman–Crippen LogP) is 1.52. The molecule has 1 aromatic heterocycles. The predicted molar refractivity (Wildman–Crippen MR) is 65.0 cm³/mol. The van der Waals surface area contributed by atoms with E-state index in [1.54, 1.807) is 33.2 Å². The summed E-state index contributed by atoms with van der Waals surface area (Å²) in [5.74, 6) is -0.812. The number of esters is 1. The molecule has 1 amide bonds. The van der Waals surface area contributed by atoms with Gasteiger partial charge in [-0.3, -0.25) is 9.59 Å². The summed E-state index contributed by atoms with van der Waals surface area (Å²) in [5, 5.41) is 2.48. The Bertz CT molecular complexity index is 421. The summed E-state index contributed by atoms with van der Waals surface area (Å²) in [7, 11) is 0. The van der Waals surface area contributed by atoms with Crippen LogP contribution >= 0.6 is 11.3 Å². The lowest BCUT2D eigenvalue weighted by atomic mass is 10.2. The molecule has 0 saturated carbocycles. The van der Waals surface area contributed by atoms with E-state index in [0.29, 0.717) is 5.69 Å². The Balaban J connectivity index is 2.45. The zero-order valence-corrected chi connectivity index (χ0v) is 11.2. The SMILES string of the molecule is Cc1scnc1C(=O)NCC(=O)OC(C)(C)C. The molecule has 0 saturated heterocycles. The molecule has 94 valence electrons. The summed E-state index contributed by atoms with van der Waals surface area (Å²) in [6.07, 6.45) is 0. The number of ether oxygens (including phenoxy) is 1. The van der Waals surface area contributed by atoms with Crippen molar-refractivity contribution >= 4 is 23.2 Å². The topological polar surface area (TPSA) is 68.3 Å². The van der Waals surface area contributed by atoms with Gasteiger partial charge in [0, 0.05) is 4.88 Å². The molecule has 6 heteroatoms. The molecule has 0 aliphatic heterocycles. The molecule has 0 unspecified atom stereocenters. The molecule has 0 fully saturated rings. The summed E-state index contributed by atoms with van der Waals surface area (Å²) >= 11 is 1.39. The van der Waals surface area contributed by atoms with Crippen molar-refractivity contribution in [1.82, 2.24) is 10.3 Å². The standard InChI is InChI=1S/C11H16N2O3S/c1-7-9(13-6-17-7)10(15)12-5-8(14)16-11(2,3)4/h6H,5H2,1-4H3,(H,12,15). The van der Waals surface area contributed by atoms with Gasteiger partial charge in [0.2, 0.25) is 0 Å².